The molecule has 2 N–H and O–H groups in total. The monoisotopic (exact) mass is 255 g/mol. The summed E-state index contributed by atoms with van der Waals surface area (Å²) in [5, 5.41) is 6.49. The van der Waals surface area contributed by atoms with E-state index in [1.807, 2.05) is 0 Å². The van der Waals surface area contributed by atoms with Crippen LogP contribution in [0.3, 0.4) is 0 Å². The molecule has 2 atom stereocenters. The molecule has 0 bridgehead atoms. The SMILES string of the molecule is CCCCCC(C)NC(=O)CN1CCN[C@H](C)C1. The Balaban J connectivity index is 2.15. The van der Waals surface area contributed by atoms with Crippen LogP contribution in [0.5, 0.6) is 0 Å². The van der Waals surface area contributed by atoms with Gasteiger partial charge in [0.25, 0.3) is 0 Å². The first-order valence-corrected chi connectivity index (χ1v) is 7.37. The van der Waals surface area contributed by atoms with Crippen molar-refractivity contribution >= 4 is 5.91 Å². The van der Waals surface area contributed by atoms with Gasteiger partial charge in [0, 0.05) is 31.7 Å². The normalized spacial score (nSPS) is 22.7. The third-order valence-electron chi connectivity index (χ3n) is 3.47. The number of rotatable bonds is 7. The third kappa shape index (κ3) is 6.36. The zero-order valence-corrected chi connectivity index (χ0v) is 12.2. The average Bonchev–Trinajstić information content (AvgIpc) is 2.29. The molecule has 1 aliphatic rings. The third-order valence-corrected chi connectivity index (χ3v) is 3.47. The molecule has 0 radical (unpaired) electrons. The summed E-state index contributed by atoms with van der Waals surface area (Å²) in [6.45, 7) is 9.95. The molecule has 1 saturated heterocycles. The van der Waals surface area contributed by atoms with Gasteiger partial charge in [0.2, 0.25) is 5.91 Å². The van der Waals surface area contributed by atoms with Gasteiger partial charge in [0.15, 0.2) is 0 Å². The number of hydrogen-bond acceptors (Lipinski definition) is 3. The number of nitrogens with zero attached hydrogens (tertiary/aromatic N) is 1. The van der Waals surface area contributed by atoms with Crippen LogP contribution in [-0.4, -0.2) is 49.1 Å². The van der Waals surface area contributed by atoms with E-state index in [0.717, 1.165) is 26.1 Å². The molecule has 0 spiro atoms. The minimum Gasteiger partial charge on any atom is -0.353 e. The van der Waals surface area contributed by atoms with Crippen molar-refractivity contribution in [2.45, 2.75) is 58.5 Å². The molecule has 4 nitrogen and oxygen atoms in total. The Labute approximate surface area is 111 Å². The number of carbonyl (C=O) groups excluding carboxylic acids is 1. The largest absolute Gasteiger partial charge is 0.353 e. The molecule has 1 aliphatic heterocycles. The standard InChI is InChI=1S/C14H29N3O/c1-4-5-6-7-12(2)16-14(18)11-17-9-8-15-13(3)10-17/h12-13,15H,4-11H2,1-3H3,(H,16,18)/t12?,13-/m1/s1. The predicted molar refractivity (Wildman–Crippen MR) is 75.7 cm³/mol. The molecule has 106 valence electrons. The Morgan fingerprint density at radius 1 is 1.50 bits per heavy atom. The summed E-state index contributed by atoms with van der Waals surface area (Å²) in [6, 6.07) is 0.804. The van der Waals surface area contributed by atoms with Crippen molar-refractivity contribution in [2.24, 2.45) is 0 Å². The molecule has 1 rings (SSSR count). The van der Waals surface area contributed by atoms with Crippen LogP contribution in [0.1, 0.15) is 46.5 Å². The Kier molecular flexibility index (Phi) is 7.28. The van der Waals surface area contributed by atoms with Crippen LogP contribution in [0.2, 0.25) is 0 Å². The molecule has 0 aromatic rings. The number of nitrogens with one attached hydrogen (secondary N) is 2. The molecule has 0 aromatic heterocycles. The lowest BCUT2D eigenvalue weighted by Crippen LogP contribution is -2.52. The van der Waals surface area contributed by atoms with Crippen molar-refractivity contribution < 1.29 is 4.79 Å². The van der Waals surface area contributed by atoms with Gasteiger partial charge in [-0.1, -0.05) is 26.2 Å². The molecule has 0 aliphatic carbocycles. The summed E-state index contributed by atoms with van der Waals surface area (Å²) >= 11 is 0. The van der Waals surface area contributed by atoms with E-state index >= 15 is 0 Å². The van der Waals surface area contributed by atoms with Gasteiger partial charge in [-0.25, -0.2) is 0 Å². The topological polar surface area (TPSA) is 44.4 Å². The van der Waals surface area contributed by atoms with Gasteiger partial charge < -0.3 is 10.6 Å². The zero-order chi connectivity index (χ0) is 13.4. The van der Waals surface area contributed by atoms with Gasteiger partial charge in [-0.3, -0.25) is 9.69 Å². The van der Waals surface area contributed by atoms with Gasteiger partial charge in [-0.2, -0.15) is 0 Å². The molecule has 0 saturated carbocycles. The molecule has 18 heavy (non-hydrogen) atoms. The Hall–Kier alpha value is -0.610. The van der Waals surface area contributed by atoms with Crippen LogP contribution >= 0.6 is 0 Å². The number of unbranched alkanes of at least 4 members (excludes halogenated alkanes) is 2. The molecule has 4 heteroatoms. The second-order valence-corrected chi connectivity index (χ2v) is 5.55. The van der Waals surface area contributed by atoms with Gasteiger partial charge in [0.05, 0.1) is 6.54 Å². The minimum atomic E-state index is 0.174. The summed E-state index contributed by atoms with van der Waals surface area (Å²) in [4.78, 5) is 14.1. The van der Waals surface area contributed by atoms with Crippen molar-refractivity contribution in [1.29, 1.82) is 0 Å². The van der Waals surface area contributed by atoms with E-state index in [-0.39, 0.29) is 5.91 Å². The Bertz CT molecular complexity index is 245. The fraction of sp³-hybridized carbons (Fsp3) is 0.929. The maximum atomic E-state index is 11.9. The maximum Gasteiger partial charge on any atom is 0.234 e. The highest BCUT2D eigenvalue weighted by Crippen LogP contribution is 2.03. The van der Waals surface area contributed by atoms with E-state index in [0.29, 0.717) is 18.6 Å². The second-order valence-electron chi connectivity index (χ2n) is 5.55. The number of carbonyl (C=O) groups is 1. The van der Waals surface area contributed by atoms with Crippen molar-refractivity contribution in [3.8, 4) is 0 Å². The maximum absolute atomic E-state index is 11.9. The van der Waals surface area contributed by atoms with Gasteiger partial charge in [-0.15, -0.1) is 0 Å². The van der Waals surface area contributed by atoms with Crippen LogP contribution in [0.4, 0.5) is 0 Å². The van der Waals surface area contributed by atoms with Gasteiger partial charge in [0.1, 0.15) is 0 Å². The van der Waals surface area contributed by atoms with E-state index in [9.17, 15) is 4.79 Å². The lowest BCUT2D eigenvalue weighted by molar-refractivity contribution is -0.123. The molecular formula is C14H29N3O. The first kappa shape index (κ1) is 15.4. The van der Waals surface area contributed by atoms with Crippen molar-refractivity contribution in [1.82, 2.24) is 15.5 Å². The van der Waals surface area contributed by atoms with E-state index in [4.69, 9.17) is 0 Å². The summed E-state index contributed by atoms with van der Waals surface area (Å²) in [5.74, 6) is 0.174. The van der Waals surface area contributed by atoms with Crippen LogP contribution in [-0.2, 0) is 4.79 Å². The highest BCUT2D eigenvalue weighted by Gasteiger charge is 2.18. The quantitative estimate of drug-likeness (QED) is 0.675. The highest BCUT2D eigenvalue weighted by atomic mass is 16.2. The molecule has 1 unspecified atom stereocenters. The molecule has 1 heterocycles. The number of amides is 1. The first-order chi connectivity index (χ1) is 8.61. The van der Waals surface area contributed by atoms with Gasteiger partial charge >= 0.3 is 0 Å². The zero-order valence-electron chi connectivity index (χ0n) is 12.2. The summed E-state index contributed by atoms with van der Waals surface area (Å²) in [7, 11) is 0. The lowest BCUT2D eigenvalue weighted by atomic mass is 10.1. The van der Waals surface area contributed by atoms with Crippen molar-refractivity contribution in [3.63, 3.8) is 0 Å². The smallest absolute Gasteiger partial charge is 0.234 e. The molecule has 0 aromatic carbocycles. The Morgan fingerprint density at radius 2 is 2.28 bits per heavy atom. The van der Waals surface area contributed by atoms with Crippen LogP contribution in [0.15, 0.2) is 0 Å². The molecule has 1 amide bonds. The number of piperazine rings is 1. The number of hydrogen-bond donors (Lipinski definition) is 2. The van der Waals surface area contributed by atoms with Crippen LogP contribution in [0.25, 0.3) is 0 Å². The van der Waals surface area contributed by atoms with Crippen LogP contribution < -0.4 is 10.6 Å². The minimum absolute atomic E-state index is 0.174. The summed E-state index contributed by atoms with van der Waals surface area (Å²) < 4.78 is 0. The highest BCUT2D eigenvalue weighted by molar-refractivity contribution is 5.78. The fourth-order valence-electron chi connectivity index (χ4n) is 2.45. The van der Waals surface area contributed by atoms with E-state index in [1.165, 1.54) is 19.3 Å². The van der Waals surface area contributed by atoms with E-state index < -0.39 is 0 Å². The molecule has 1 fully saturated rings. The second kappa shape index (κ2) is 8.48. The van der Waals surface area contributed by atoms with Crippen molar-refractivity contribution in [2.75, 3.05) is 26.2 Å². The first-order valence-electron chi connectivity index (χ1n) is 7.37. The van der Waals surface area contributed by atoms with E-state index in [2.05, 4.69) is 36.3 Å². The van der Waals surface area contributed by atoms with Gasteiger partial charge in [-0.05, 0) is 20.3 Å². The summed E-state index contributed by atoms with van der Waals surface area (Å²) in [6.07, 6.45) is 4.80. The van der Waals surface area contributed by atoms with E-state index in [1.54, 1.807) is 0 Å². The lowest BCUT2D eigenvalue weighted by Gasteiger charge is -2.31. The molecular weight excluding hydrogens is 226 g/mol. The summed E-state index contributed by atoms with van der Waals surface area (Å²) in [5.41, 5.74) is 0. The predicted octanol–water partition coefficient (Wildman–Crippen LogP) is 1.37. The van der Waals surface area contributed by atoms with Crippen molar-refractivity contribution in [3.05, 3.63) is 0 Å². The fourth-order valence-corrected chi connectivity index (χ4v) is 2.45. The average molecular weight is 255 g/mol. The van der Waals surface area contributed by atoms with Crippen LogP contribution in [0, 0.1) is 0 Å². The Morgan fingerprint density at radius 3 is 2.94 bits per heavy atom.